The van der Waals surface area contributed by atoms with E-state index in [1.54, 1.807) is 36.4 Å². The van der Waals surface area contributed by atoms with Crippen LogP contribution in [-0.2, 0) is 4.79 Å². The monoisotopic (exact) mass is 352 g/mol. The Labute approximate surface area is 149 Å². The van der Waals surface area contributed by atoms with Crippen LogP contribution in [0.25, 0.3) is 0 Å². The summed E-state index contributed by atoms with van der Waals surface area (Å²) in [5.74, 6) is -0.181. The molecule has 0 saturated heterocycles. The molecule has 0 atom stereocenters. The molecule has 6 nitrogen and oxygen atoms in total. The second kappa shape index (κ2) is 8.39. The van der Waals surface area contributed by atoms with Crippen molar-refractivity contribution in [3.63, 3.8) is 0 Å². The zero-order chi connectivity index (χ0) is 18.2. The highest BCUT2D eigenvalue weighted by Crippen LogP contribution is 2.28. The molecule has 0 aliphatic carbocycles. The highest BCUT2D eigenvalue weighted by atomic mass is 35.5. The molecule has 2 aromatic carbocycles. The molecule has 1 amide bonds. The van der Waals surface area contributed by atoms with Crippen LogP contribution in [0.3, 0.4) is 0 Å². The van der Waals surface area contributed by atoms with Gasteiger partial charge in [-0.25, -0.2) is 0 Å². The molecule has 0 heterocycles. The van der Waals surface area contributed by atoms with Gasteiger partial charge in [-0.3, -0.25) is 4.79 Å². The summed E-state index contributed by atoms with van der Waals surface area (Å²) in [5, 5.41) is 23.8. The zero-order valence-electron chi connectivity index (χ0n) is 13.2. The molecule has 2 rings (SSSR count). The largest absolute Gasteiger partial charge is 0.495 e. The van der Waals surface area contributed by atoms with Gasteiger partial charge in [0.2, 0.25) is 0 Å². The summed E-state index contributed by atoms with van der Waals surface area (Å²) in [5.41, 5.74) is 1.38. The number of nitrogens with zero attached hydrogens (tertiary/aromatic N) is 2. The molecule has 25 heavy (non-hydrogen) atoms. The predicted octanol–water partition coefficient (Wildman–Crippen LogP) is 3.68. The van der Waals surface area contributed by atoms with Gasteiger partial charge >= 0.3 is 0 Å². The van der Waals surface area contributed by atoms with Gasteiger partial charge in [0.05, 0.1) is 24.4 Å². The van der Waals surface area contributed by atoms with Gasteiger partial charge in [-0.05, 0) is 42.5 Å². The molecule has 0 aromatic heterocycles. The second-order valence-corrected chi connectivity index (χ2v) is 5.24. The van der Waals surface area contributed by atoms with Gasteiger partial charge in [0.15, 0.2) is 0 Å². The summed E-state index contributed by atoms with van der Waals surface area (Å²) in [4.78, 5) is 12.3. The molecule has 0 spiro atoms. The Morgan fingerprint density at radius 2 is 1.92 bits per heavy atom. The van der Waals surface area contributed by atoms with Crippen LogP contribution in [0.4, 0.5) is 11.4 Å². The van der Waals surface area contributed by atoms with Crippen LogP contribution in [0.5, 0.6) is 5.75 Å². The van der Waals surface area contributed by atoms with Gasteiger partial charge in [0.1, 0.15) is 17.4 Å². The van der Waals surface area contributed by atoms with Crippen molar-refractivity contribution >= 4 is 28.9 Å². The Morgan fingerprint density at radius 1 is 1.20 bits per heavy atom. The molecule has 0 unspecified atom stereocenters. The van der Waals surface area contributed by atoms with Crippen LogP contribution in [0, 0.1) is 22.7 Å². The molecule has 124 valence electrons. The van der Waals surface area contributed by atoms with Gasteiger partial charge in [0, 0.05) is 16.9 Å². The normalized spacial score (nSPS) is 10.3. The molecule has 0 fully saturated rings. The highest BCUT2D eigenvalue weighted by Gasteiger charge is 2.12. The van der Waals surface area contributed by atoms with Crippen LogP contribution in [0.15, 0.2) is 54.2 Å². The van der Waals surface area contributed by atoms with Gasteiger partial charge < -0.3 is 15.4 Å². The fourth-order valence-electron chi connectivity index (χ4n) is 1.91. The number of halogens is 1. The molecule has 0 radical (unpaired) electrons. The van der Waals surface area contributed by atoms with E-state index in [4.69, 9.17) is 21.6 Å². The van der Waals surface area contributed by atoms with Crippen LogP contribution in [0.1, 0.15) is 5.56 Å². The third-order valence-corrected chi connectivity index (χ3v) is 3.41. The standard InChI is InChI=1S/C18H13ClN4O2/c1-25-17-7-4-14(19)8-16(17)23-18(24)13(10-21)11-22-15-5-2-12(9-20)3-6-15/h2-8,11,22H,1H3,(H,23,24)/b13-11-. The first kappa shape index (κ1) is 17.9. The van der Waals surface area contributed by atoms with Crippen LogP contribution >= 0.6 is 11.6 Å². The van der Waals surface area contributed by atoms with Crippen molar-refractivity contribution in [1.82, 2.24) is 0 Å². The summed E-state index contributed by atoms with van der Waals surface area (Å²) in [7, 11) is 1.46. The lowest BCUT2D eigenvalue weighted by Crippen LogP contribution is -2.15. The number of nitrogens with one attached hydrogen (secondary N) is 2. The Bertz CT molecular complexity index is 893. The number of carbonyl (C=O) groups excluding carboxylic acids is 1. The minimum Gasteiger partial charge on any atom is -0.495 e. The maximum atomic E-state index is 12.3. The lowest BCUT2D eigenvalue weighted by Gasteiger charge is -2.10. The van der Waals surface area contributed by atoms with Gasteiger partial charge in [0.25, 0.3) is 5.91 Å². The average molecular weight is 353 g/mol. The fraction of sp³-hybridized carbons (Fsp3) is 0.0556. The number of anilines is 2. The molecule has 0 aliphatic rings. The first-order valence-electron chi connectivity index (χ1n) is 7.09. The van der Waals surface area contributed by atoms with E-state index in [9.17, 15) is 10.1 Å². The maximum Gasteiger partial charge on any atom is 0.267 e. The van der Waals surface area contributed by atoms with Gasteiger partial charge in [-0.15, -0.1) is 0 Å². The van der Waals surface area contributed by atoms with Crippen molar-refractivity contribution < 1.29 is 9.53 Å². The SMILES string of the molecule is COc1ccc(Cl)cc1NC(=O)/C(C#N)=C\Nc1ccc(C#N)cc1. The lowest BCUT2D eigenvalue weighted by atomic mass is 10.2. The molecule has 7 heteroatoms. The highest BCUT2D eigenvalue weighted by molar-refractivity contribution is 6.31. The molecule has 0 aliphatic heterocycles. The predicted molar refractivity (Wildman–Crippen MR) is 95.1 cm³/mol. The number of nitriles is 2. The van der Waals surface area contributed by atoms with E-state index in [1.807, 2.05) is 12.1 Å². The molecule has 2 N–H and O–H groups in total. The van der Waals surface area contributed by atoms with E-state index in [-0.39, 0.29) is 5.57 Å². The van der Waals surface area contributed by atoms with E-state index in [1.165, 1.54) is 19.4 Å². The minimum atomic E-state index is -0.607. The third kappa shape index (κ3) is 4.74. The number of amides is 1. The van der Waals surface area contributed by atoms with Crippen molar-refractivity contribution in [2.45, 2.75) is 0 Å². The van der Waals surface area contributed by atoms with Gasteiger partial charge in [-0.2, -0.15) is 10.5 Å². The summed E-state index contributed by atoms with van der Waals surface area (Å²) in [6.45, 7) is 0. The summed E-state index contributed by atoms with van der Waals surface area (Å²) < 4.78 is 5.15. The van der Waals surface area contributed by atoms with Crippen molar-refractivity contribution in [2.75, 3.05) is 17.7 Å². The van der Waals surface area contributed by atoms with E-state index in [2.05, 4.69) is 10.6 Å². The molecule has 0 bridgehead atoms. The number of benzene rings is 2. The number of hydrogen-bond acceptors (Lipinski definition) is 5. The quantitative estimate of drug-likeness (QED) is 0.631. The molecular weight excluding hydrogens is 340 g/mol. The number of carbonyl (C=O) groups is 1. The number of rotatable bonds is 5. The van der Waals surface area contributed by atoms with Crippen molar-refractivity contribution in [3.05, 3.63) is 64.8 Å². The van der Waals surface area contributed by atoms with E-state index in [0.29, 0.717) is 27.7 Å². The van der Waals surface area contributed by atoms with Crippen molar-refractivity contribution in [2.24, 2.45) is 0 Å². The Hall–Kier alpha value is -3.48. The molecule has 2 aromatic rings. The number of ether oxygens (including phenoxy) is 1. The maximum absolute atomic E-state index is 12.3. The fourth-order valence-corrected chi connectivity index (χ4v) is 2.08. The Kier molecular flexibility index (Phi) is 6.00. The smallest absolute Gasteiger partial charge is 0.267 e. The summed E-state index contributed by atoms with van der Waals surface area (Å²) in [6, 6.07) is 15.2. The van der Waals surface area contributed by atoms with E-state index >= 15 is 0 Å². The number of methoxy groups -OCH3 is 1. The summed E-state index contributed by atoms with van der Waals surface area (Å²) in [6.07, 6.45) is 1.29. The van der Waals surface area contributed by atoms with Crippen molar-refractivity contribution in [1.29, 1.82) is 10.5 Å². The van der Waals surface area contributed by atoms with Crippen LogP contribution in [0.2, 0.25) is 5.02 Å². The Morgan fingerprint density at radius 3 is 2.52 bits per heavy atom. The Balaban J connectivity index is 2.14. The van der Waals surface area contributed by atoms with Crippen LogP contribution in [-0.4, -0.2) is 13.0 Å². The first-order valence-corrected chi connectivity index (χ1v) is 7.47. The third-order valence-electron chi connectivity index (χ3n) is 3.17. The minimum absolute atomic E-state index is 0.133. The topological polar surface area (TPSA) is 97.9 Å². The molecule has 0 saturated carbocycles. The second-order valence-electron chi connectivity index (χ2n) is 4.80. The average Bonchev–Trinajstić information content (AvgIpc) is 2.63. The number of hydrogen-bond donors (Lipinski definition) is 2. The summed E-state index contributed by atoms with van der Waals surface area (Å²) >= 11 is 5.91. The van der Waals surface area contributed by atoms with Crippen LogP contribution < -0.4 is 15.4 Å². The van der Waals surface area contributed by atoms with Gasteiger partial charge in [-0.1, -0.05) is 11.6 Å². The molecular formula is C18H13ClN4O2. The van der Waals surface area contributed by atoms with E-state index in [0.717, 1.165) is 0 Å². The first-order chi connectivity index (χ1) is 12.1. The zero-order valence-corrected chi connectivity index (χ0v) is 14.0. The van der Waals surface area contributed by atoms with E-state index < -0.39 is 5.91 Å². The lowest BCUT2D eigenvalue weighted by molar-refractivity contribution is -0.112. The van der Waals surface area contributed by atoms with Crippen molar-refractivity contribution in [3.8, 4) is 17.9 Å².